The molecule has 0 aliphatic carbocycles. The van der Waals surface area contributed by atoms with Gasteiger partial charge >= 0.3 is 5.97 Å². The lowest BCUT2D eigenvalue weighted by molar-refractivity contribution is -0.138. The van der Waals surface area contributed by atoms with Gasteiger partial charge in [-0.05, 0) is 18.1 Å². The molecule has 0 aliphatic heterocycles. The van der Waals surface area contributed by atoms with Gasteiger partial charge < -0.3 is 10.4 Å². The molecule has 1 atom stereocenters. The highest BCUT2D eigenvalue weighted by molar-refractivity contribution is 6.36. The van der Waals surface area contributed by atoms with E-state index in [0.29, 0.717) is 15.6 Å². The molecule has 0 spiro atoms. The van der Waals surface area contributed by atoms with Crippen molar-refractivity contribution in [2.75, 3.05) is 0 Å². The molecule has 0 heterocycles. The van der Waals surface area contributed by atoms with Crippen LogP contribution in [0.2, 0.25) is 10.0 Å². The van der Waals surface area contributed by atoms with Crippen LogP contribution in [0.1, 0.15) is 25.3 Å². The fraction of sp³-hybridized carbons (Fsp3) is 0.385. The second-order valence-electron chi connectivity index (χ2n) is 4.38. The van der Waals surface area contributed by atoms with E-state index in [9.17, 15) is 9.59 Å². The van der Waals surface area contributed by atoms with Gasteiger partial charge in [-0.25, -0.2) is 0 Å². The lowest BCUT2D eigenvalue weighted by atomic mass is 10.0. The predicted molar refractivity (Wildman–Crippen MR) is 74.3 cm³/mol. The zero-order chi connectivity index (χ0) is 14.4. The molecule has 19 heavy (non-hydrogen) atoms. The fourth-order valence-corrected chi connectivity index (χ4v) is 2.18. The molecule has 6 heteroatoms. The summed E-state index contributed by atoms with van der Waals surface area (Å²) in [4.78, 5) is 22.1. The molecule has 1 amide bonds. The Balaban J connectivity index is 2.48. The molecule has 0 bridgehead atoms. The van der Waals surface area contributed by atoms with Crippen LogP contribution >= 0.6 is 23.2 Å². The second-order valence-corrected chi connectivity index (χ2v) is 5.20. The maximum Gasteiger partial charge on any atom is 0.303 e. The third kappa shape index (κ3) is 5.49. The molecule has 0 saturated carbocycles. The van der Waals surface area contributed by atoms with E-state index in [0.717, 1.165) is 0 Å². The van der Waals surface area contributed by atoms with E-state index in [1.807, 2.05) is 0 Å². The Hall–Kier alpha value is -1.26. The summed E-state index contributed by atoms with van der Waals surface area (Å²) >= 11 is 11.9. The molecule has 1 rings (SSSR count). The smallest absolute Gasteiger partial charge is 0.303 e. The van der Waals surface area contributed by atoms with E-state index >= 15 is 0 Å². The van der Waals surface area contributed by atoms with Gasteiger partial charge in [-0.2, -0.15) is 0 Å². The number of amides is 1. The van der Waals surface area contributed by atoms with Gasteiger partial charge in [0.15, 0.2) is 0 Å². The molecule has 0 aromatic heterocycles. The minimum absolute atomic E-state index is 0.0275. The molecule has 1 aromatic rings. The topological polar surface area (TPSA) is 66.4 Å². The van der Waals surface area contributed by atoms with Gasteiger partial charge in [-0.1, -0.05) is 36.2 Å². The van der Waals surface area contributed by atoms with Gasteiger partial charge in [0.2, 0.25) is 5.91 Å². The summed E-state index contributed by atoms with van der Waals surface area (Å²) in [5.41, 5.74) is 0.657. The summed E-state index contributed by atoms with van der Waals surface area (Å²) < 4.78 is 0. The maximum absolute atomic E-state index is 11.6. The number of halogens is 2. The first kappa shape index (κ1) is 15.8. The predicted octanol–water partition coefficient (Wildman–Crippen LogP) is 3.11. The summed E-state index contributed by atoms with van der Waals surface area (Å²) in [6.07, 6.45) is 0.134. The molecule has 0 saturated heterocycles. The van der Waals surface area contributed by atoms with Crippen molar-refractivity contribution in [3.05, 3.63) is 33.8 Å². The molecule has 4 nitrogen and oxygen atoms in total. The van der Waals surface area contributed by atoms with E-state index in [1.54, 1.807) is 25.1 Å². The van der Waals surface area contributed by atoms with E-state index in [2.05, 4.69) is 5.32 Å². The Morgan fingerprint density at radius 2 is 1.84 bits per heavy atom. The van der Waals surface area contributed by atoms with E-state index in [1.165, 1.54) is 0 Å². The normalized spacial score (nSPS) is 11.9. The third-order valence-corrected chi connectivity index (χ3v) is 3.29. The molecule has 0 fully saturated rings. The number of nitrogens with one attached hydrogen (secondary N) is 1. The van der Waals surface area contributed by atoms with Gasteiger partial charge in [0, 0.05) is 35.0 Å². The van der Waals surface area contributed by atoms with Crippen molar-refractivity contribution >= 4 is 35.1 Å². The van der Waals surface area contributed by atoms with Crippen LogP contribution < -0.4 is 5.32 Å². The third-order valence-electron chi connectivity index (χ3n) is 2.58. The maximum atomic E-state index is 11.6. The van der Waals surface area contributed by atoms with Gasteiger partial charge in [-0.15, -0.1) is 0 Å². The van der Waals surface area contributed by atoms with Gasteiger partial charge in [0.05, 0.1) is 0 Å². The summed E-state index contributed by atoms with van der Waals surface area (Å²) in [6.45, 7) is 1.95. The molecule has 0 radical (unpaired) electrons. The van der Waals surface area contributed by atoms with Crippen molar-refractivity contribution in [3.63, 3.8) is 0 Å². The number of aliphatic carboxylic acids is 1. The number of carboxylic acids is 1. The van der Waals surface area contributed by atoms with Crippen LogP contribution in [0.25, 0.3) is 0 Å². The average Bonchev–Trinajstić information content (AvgIpc) is 2.26. The first-order chi connectivity index (χ1) is 8.90. The number of hydrogen-bond donors (Lipinski definition) is 2. The van der Waals surface area contributed by atoms with Crippen LogP contribution in [0.3, 0.4) is 0 Å². The van der Waals surface area contributed by atoms with Crippen LogP contribution in [-0.4, -0.2) is 17.0 Å². The summed E-state index contributed by atoms with van der Waals surface area (Å²) in [6, 6.07) is 5.12. The summed E-state index contributed by atoms with van der Waals surface area (Å²) in [5, 5.41) is 12.3. The number of rotatable bonds is 6. The number of benzene rings is 1. The van der Waals surface area contributed by atoms with Gasteiger partial charge in [0.25, 0.3) is 0 Å². The first-order valence-electron chi connectivity index (χ1n) is 5.81. The Bertz CT molecular complexity index is 457. The van der Waals surface area contributed by atoms with E-state index in [-0.39, 0.29) is 31.2 Å². The molecule has 104 valence electrons. The number of hydrogen-bond acceptors (Lipinski definition) is 2. The zero-order valence-corrected chi connectivity index (χ0v) is 12.0. The standard InChI is InChI=1S/C13H15Cl2NO3/c1-8(6-13(18)19)5-12(17)16-7-9-10(14)3-2-4-11(9)15/h2-4,8H,5-7H2,1H3,(H,16,17)(H,18,19). The minimum Gasteiger partial charge on any atom is -0.481 e. The van der Waals surface area contributed by atoms with Crippen molar-refractivity contribution < 1.29 is 14.7 Å². The zero-order valence-electron chi connectivity index (χ0n) is 10.5. The lowest BCUT2D eigenvalue weighted by Crippen LogP contribution is -2.25. The minimum atomic E-state index is -0.908. The molecule has 1 aromatic carbocycles. The van der Waals surface area contributed by atoms with Crippen LogP contribution in [0, 0.1) is 5.92 Å². The Labute approximate surface area is 121 Å². The molecule has 2 N–H and O–H groups in total. The van der Waals surface area contributed by atoms with Crippen molar-refractivity contribution in [3.8, 4) is 0 Å². The number of carbonyl (C=O) groups is 2. The Morgan fingerprint density at radius 1 is 1.26 bits per heavy atom. The number of carboxylic acid groups (broad SMARTS) is 1. The van der Waals surface area contributed by atoms with E-state index < -0.39 is 5.97 Å². The van der Waals surface area contributed by atoms with Crippen LogP contribution in [0.4, 0.5) is 0 Å². The highest BCUT2D eigenvalue weighted by Crippen LogP contribution is 2.23. The van der Waals surface area contributed by atoms with Crippen molar-refractivity contribution in [2.24, 2.45) is 5.92 Å². The van der Waals surface area contributed by atoms with Crippen molar-refractivity contribution in [2.45, 2.75) is 26.3 Å². The van der Waals surface area contributed by atoms with Crippen LogP contribution in [-0.2, 0) is 16.1 Å². The monoisotopic (exact) mass is 303 g/mol. The first-order valence-corrected chi connectivity index (χ1v) is 6.57. The van der Waals surface area contributed by atoms with Gasteiger partial charge in [0.1, 0.15) is 0 Å². The molecular weight excluding hydrogens is 289 g/mol. The molecule has 0 aliphatic rings. The highest BCUT2D eigenvalue weighted by Gasteiger charge is 2.13. The lowest BCUT2D eigenvalue weighted by Gasteiger charge is -2.11. The quantitative estimate of drug-likeness (QED) is 0.848. The SMILES string of the molecule is CC(CC(=O)O)CC(=O)NCc1c(Cl)cccc1Cl. The Morgan fingerprint density at radius 3 is 2.37 bits per heavy atom. The number of carbonyl (C=O) groups excluding carboxylic acids is 1. The fourth-order valence-electron chi connectivity index (χ4n) is 1.65. The van der Waals surface area contributed by atoms with Crippen molar-refractivity contribution in [1.82, 2.24) is 5.32 Å². The second kappa shape index (κ2) is 7.36. The average molecular weight is 304 g/mol. The Kier molecular flexibility index (Phi) is 6.12. The van der Waals surface area contributed by atoms with Crippen LogP contribution in [0.15, 0.2) is 18.2 Å². The van der Waals surface area contributed by atoms with Gasteiger partial charge in [-0.3, -0.25) is 9.59 Å². The molecular formula is C13H15Cl2NO3. The molecule has 1 unspecified atom stereocenters. The largest absolute Gasteiger partial charge is 0.481 e. The highest BCUT2D eigenvalue weighted by atomic mass is 35.5. The van der Waals surface area contributed by atoms with Crippen LogP contribution in [0.5, 0.6) is 0 Å². The summed E-state index contributed by atoms with van der Waals surface area (Å²) in [7, 11) is 0. The van der Waals surface area contributed by atoms with Crippen molar-refractivity contribution in [1.29, 1.82) is 0 Å². The van der Waals surface area contributed by atoms with E-state index in [4.69, 9.17) is 28.3 Å². The summed E-state index contributed by atoms with van der Waals surface area (Å²) in [5.74, 6) is -1.33.